The van der Waals surface area contributed by atoms with Gasteiger partial charge >= 0.3 is 0 Å². The molecule has 1 heterocycles. The van der Waals surface area contributed by atoms with Crippen LogP contribution in [0.15, 0.2) is 60.8 Å². The molecule has 1 aromatic heterocycles. The number of ether oxygens (including phenoxy) is 2. The number of para-hydroxylation sites is 1. The van der Waals surface area contributed by atoms with Crippen LogP contribution in [-0.4, -0.2) is 35.3 Å². The first kappa shape index (κ1) is 19.0. The minimum absolute atomic E-state index is 0.174. The van der Waals surface area contributed by atoms with Crippen molar-refractivity contribution in [2.24, 2.45) is 0 Å². The Morgan fingerprint density at radius 1 is 1.00 bits per heavy atom. The summed E-state index contributed by atoms with van der Waals surface area (Å²) in [7, 11) is 1.49. The number of amides is 2. The first-order valence-electron chi connectivity index (χ1n) is 8.65. The Kier molecular flexibility index (Phi) is 5.91. The van der Waals surface area contributed by atoms with E-state index in [1.165, 1.54) is 13.2 Å². The normalized spacial score (nSPS) is 10.2. The van der Waals surface area contributed by atoms with E-state index < -0.39 is 11.8 Å². The summed E-state index contributed by atoms with van der Waals surface area (Å²) in [6.45, 7) is 2.34. The third-order valence-corrected chi connectivity index (χ3v) is 3.86. The molecular weight excluding hydrogens is 360 g/mol. The number of hydrazine groups is 1. The molecule has 0 radical (unpaired) electrons. The summed E-state index contributed by atoms with van der Waals surface area (Å²) in [5.74, 6) is -0.0439. The van der Waals surface area contributed by atoms with Crippen LogP contribution in [0, 0.1) is 0 Å². The fraction of sp³-hybridized carbons (Fsp3) is 0.150. The average Bonchev–Trinajstić information content (AvgIpc) is 3.23. The Morgan fingerprint density at radius 2 is 1.75 bits per heavy atom. The monoisotopic (exact) mass is 380 g/mol. The van der Waals surface area contributed by atoms with Crippen molar-refractivity contribution >= 4 is 11.8 Å². The number of carbonyl (C=O) groups is 2. The molecule has 0 aliphatic heterocycles. The van der Waals surface area contributed by atoms with Gasteiger partial charge in [0.1, 0.15) is 0 Å². The van der Waals surface area contributed by atoms with Gasteiger partial charge in [-0.25, -0.2) is 4.68 Å². The van der Waals surface area contributed by atoms with E-state index in [1.807, 2.05) is 37.3 Å². The number of nitrogens with one attached hydrogen (secondary N) is 2. The number of benzene rings is 2. The molecular formula is C20H20N4O4. The number of methoxy groups -OCH3 is 1. The van der Waals surface area contributed by atoms with Gasteiger partial charge in [-0.05, 0) is 43.3 Å². The largest absolute Gasteiger partial charge is 0.493 e. The van der Waals surface area contributed by atoms with Gasteiger partial charge in [-0.3, -0.25) is 20.4 Å². The van der Waals surface area contributed by atoms with Crippen LogP contribution < -0.4 is 20.3 Å². The molecule has 0 unspecified atom stereocenters. The van der Waals surface area contributed by atoms with Gasteiger partial charge in [0.15, 0.2) is 17.2 Å². The van der Waals surface area contributed by atoms with E-state index in [2.05, 4.69) is 16.0 Å². The Labute approximate surface area is 162 Å². The Hall–Kier alpha value is -3.81. The minimum Gasteiger partial charge on any atom is -0.493 e. The molecule has 3 rings (SSSR count). The maximum atomic E-state index is 12.3. The summed E-state index contributed by atoms with van der Waals surface area (Å²) < 4.78 is 12.2. The molecule has 8 heteroatoms. The van der Waals surface area contributed by atoms with Gasteiger partial charge < -0.3 is 9.47 Å². The highest BCUT2D eigenvalue weighted by molar-refractivity contribution is 5.98. The lowest BCUT2D eigenvalue weighted by molar-refractivity contribution is 0.0843. The topological polar surface area (TPSA) is 94.5 Å². The van der Waals surface area contributed by atoms with Gasteiger partial charge in [0, 0.05) is 11.8 Å². The van der Waals surface area contributed by atoms with Crippen LogP contribution in [0.5, 0.6) is 11.5 Å². The molecule has 3 aromatic rings. The zero-order chi connectivity index (χ0) is 19.9. The van der Waals surface area contributed by atoms with Crippen LogP contribution >= 0.6 is 0 Å². The first-order valence-corrected chi connectivity index (χ1v) is 8.65. The molecule has 0 saturated heterocycles. The smallest absolute Gasteiger partial charge is 0.290 e. The highest BCUT2D eigenvalue weighted by Gasteiger charge is 2.14. The number of aromatic nitrogens is 2. The van der Waals surface area contributed by atoms with Gasteiger partial charge in [0.25, 0.3) is 11.8 Å². The lowest BCUT2D eigenvalue weighted by atomic mass is 10.2. The summed E-state index contributed by atoms with van der Waals surface area (Å²) >= 11 is 0. The first-order chi connectivity index (χ1) is 13.6. The quantitative estimate of drug-likeness (QED) is 0.640. The minimum atomic E-state index is -0.527. The zero-order valence-electron chi connectivity index (χ0n) is 15.5. The second-order valence-electron chi connectivity index (χ2n) is 5.69. The third kappa shape index (κ3) is 4.29. The molecule has 0 atom stereocenters. The molecule has 0 aliphatic carbocycles. The molecule has 0 aliphatic rings. The van der Waals surface area contributed by atoms with Crippen molar-refractivity contribution in [1.29, 1.82) is 0 Å². The molecule has 8 nitrogen and oxygen atoms in total. The van der Waals surface area contributed by atoms with Crippen molar-refractivity contribution in [3.8, 4) is 17.2 Å². The highest BCUT2D eigenvalue weighted by Crippen LogP contribution is 2.27. The second kappa shape index (κ2) is 8.72. The zero-order valence-corrected chi connectivity index (χ0v) is 15.5. The molecule has 0 spiro atoms. The van der Waals surface area contributed by atoms with Crippen molar-refractivity contribution in [1.82, 2.24) is 20.6 Å². The molecule has 0 bridgehead atoms. The maximum absolute atomic E-state index is 12.3. The van der Waals surface area contributed by atoms with Crippen LogP contribution in [0.25, 0.3) is 5.69 Å². The van der Waals surface area contributed by atoms with Crippen molar-refractivity contribution in [3.63, 3.8) is 0 Å². The summed E-state index contributed by atoms with van der Waals surface area (Å²) in [6.07, 6.45) is 1.67. The average molecular weight is 380 g/mol. The standard InChI is InChI=1S/C20H20N4O4/c1-3-28-17-10-9-14(13-18(17)27-2)19(25)21-22-20(26)16-11-12-24(23-16)15-7-5-4-6-8-15/h4-13H,3H2,1-2H3,(H,21,25)(H,22,26). The third-order valence-electron chi connectivity index (χ3n) is 3.86. The van der Waals surface area contributed by atoms with Crippen LogP contribution in [0.3, 0.4) is 0 Å². The number of hydrogen-bond donors (Lipinski definition) is 2. The maximum Gasteiger partial charge on any atom is 0.290 e. The molecule has 28 heavy (non-hydrogen) atoms. The van der Waals surface area contributed by atoms with Gasteiger partial charge in [-0.2, -0.15) is 5.10 Å². The molecule has 2 aromatic carbocycles. The predicted octanol–water partition coefficient (Wildman–Crippen LogP) is 2.35. The number of hydrogen-bond acceptors (Lipinski definition) is 5. The fourth-order valence-electron chi connectivity index (χ4n) is 2.50. The van der Waals surface area contributed by atoms with Crippen LogP contribution in [0.2, 0.25) is 0 Å². The number of nitrogens with zero attached hydrogens (tertiary/aromatic N) is 2. The predicted molar refractivity (Wildman–Crippen MR) is 103 cm³/mol. The fourth-order valence-corrected chi connectivity index (χ4v) is 2.50. The molecule has 144 valence electrons. The van der Waals surface area contributed by atoms with E-state index in [9.17, 15) is 9.59 Å². The number of carbonyl (C=O) groups excluding carboxylic acids is 2. The SMILES string of the molecule is CCOc1ccc(C(=O)NNC(=O)c2ccn(-c3ccccc3)n2)cc1OC. The van der Waals surface area contributed by atoms with Crippen LogP contribution in [-0.2, 0) is 0 Å². The lowest BCUT2D eigenvalue weighted by Crippen LogP contribution is -2.41. The van der Waals surface area contributed by atoms with Gasteiger partial charge in [-0.15, -0.1) is 0 Å². The van der Waals surface area contributed by atoms with Crippen molar-refractivity contribution < 1.29 is 19.1 Å². The Morgan fingerprint density at radius 3 is 2.46 bits per heavy atom. The lowest BCUT2D eigenvalue weighted by Gasteiger charge is -2.11. The summed E-state index contributed by atoms with van der Waals surface area (Å²) in [6, 6.07) is 15.7. The second-order valence-corrected chi connectivity index (χ2v) is 5.69. The van der Waals surface area contributed by atoms with E-state index in [1.54, 1.807) is 29.1 Å². The summed E-state index contributed by atoms with van der Waals surface area (Å²) in [5.41, 5.74) is 6.03. The summed E-state index contributed by atoms with van der Waals surface area (Å²) in [5, 5.41) is 4.21. The van der Waals surface area contributed by atoms with E-state index in [-0.39, 0.29) is 5.69 Å². The number of rotatable bonds is 6. The Balaban J connectivity index is 1.63. The highest BCUT2D eigenvalue weighted by atomic mass is 16.5. The van der Waals surface area contributed by atoms with E-state index in [0.717, 1.165) is 5.69 Å². The van der Waals surface area contributed by atoms with Crippen LogP contribution in [0.4, 0.5) is 0 Å². The van der Waals surface area contributed by atoms with Crippen molar-refractivity contribution in [3.05, 3.63) is 72.1 Å². The van der Waals surface area contributed by atoms with Gasteiger partial charge in [0.05, 0.1) is 19.4 Å². The molecule has 0 fully saturated rings. The van der Waals surface area contributed by atoms with E-state index in [0.29, 0.717) is 23.7 Å². The van der Waals surface area contributed by atoms with Gasteiger partial charge in [0.2, 0.25) is 0 Å². The van der Waals surface area contributed by atoms with E-state index >= 15 is 0 Å². The Bertz CT molecular complexity index is 969. The molecule has 2 amide bonds. The van der Waals surface area contributed by atoms with Gasteiger partial charge in [-0.1, -0.05) is 18.2 Å². The van der Waals surface area contributed by atoms with E-state index in [4.69, 9.17) is 9.47 Å². The molecule has 0 saturated carbocycles. The summed E-state index contributed by atoms with van der Waals surface area (Å²) in [4.78, 5) is 24.5. The molecule has 2 N–H and O–H groups in total. The van der Waals surface area contributed by atoms with Crippen LogP contribution in [0.1, 0.15) is 27.8 Å². The van der Waals surface area contributed by atoms with Crippen molar-refractivity contribution in [2.45, 2.75) is 6.92 Å². The van der Waals surface area contributed by atoms with Crippen molar-refractivity contribution in [2.75, 3.05) is 13.7 Å².